The van der Waals surface area contributed by atoms with E-state index >= 15 is 0 Å². The van der Waals surface area contributed by atoms with Crippen LogP contribution in [0.5, 0.6) is 0 Å². The third-order valence-corrected chi connectivity index (χ3v) is 2.23. The Hall–Kier alpha value is -0.870. The summed E-state index contributed by atoms with van der Waals surface area (Å²) in [5, 5.41) is 9.21. The van der Waals surface area contributed by atoms with Crippen LogP contribution in [0, 0.1) is 0 Å². The lowest BCUT2D eigenvalue weighted by Gasteiger charge is -2.01. The average molecular weight is 183 g/mol. The third-order valence-electron chi connectivity index (χ3n) is 2.23. The Balaban J connectivity index is 2.12. The zero-order valence-electron chi connectivity index (χ0n) is 7.56. The van der Waals surface area contributed by atoms with E-state index in [2.05, 4.69) is 4.98 Å². The van der Waals surface area contributed by atoms with Crippen molar-refractivity contribution in [1.29, 1.82) is 0 Å². The standard InChI is InChI=1S/C9H13NO3/c1-6(11)8-4-10-9(13-8)7-2-3-12-5-7/h4,6-7,11H,2-3,5H2,1H3. The molecule has 2 rings (SSSR count). The number of hydrogen-bond donors (Lipinski definition) is 1. The van der Waals surface area contributed by atoms with Crippen LogP contribution in [0.15, 0.2) is 10.6 Å². The molecule has 0 saturated carbocycles. The lowest BCUT2D eigenvalue weighted by atomic mass is 10.1. The van der Waals surface area contributed by atoms with Gasteiger partial charge in [-0.1, -0.05) is 0 Å². The molecule has 1 saturated heterocycles. The Kier molecular flexibility index (Phi) is 2.33. The second kappa shape index (κ2) is 3.47. The van der Waals surface area contributed by atoms with E-state index in [1.807, 2.05) is 0 Å². The van der Waals surface area contributed by atoms with Crippen LogP contribution in [0.4, 0.5) is 0 Å². The van der Waals surface area contributed by atoms with Gasteiger partial charge in [0, 0.05) is 6.61 Å². The summed E-state index contributed by atoms with van der Waals surface area (Å²) in [6.45, 7) is 3.12. The highest BCUT2D eigenvalue weighted by Gasteiger charge is 2.23. The maximum atomic E-state index is 9.21. The summed E-state index contributed by atoms with van der Waals surface area (Å²) in [6, 6.07) is 0. The van der Waals surface area contributed by atoms with Crippen LogP contribution in [0.25, 0.3) is 0 Å². The molecule has 0 radical (unpaired) electrons. The summed E-state index contributed by atoms with van der Waals surface area (Å²) in [6.07, 6.45) is 1.96. The summed E-state index contributed by atoms with van der Waals surface area (Å²) in [7, 11) is 0. The van der Waals surface area contributed by atoms with E-state index in [1.54, 1.807) is 13.1 Å². The van der Waals surface area contributed by atoms with E-state index in [0.29, 0.717) is 18.3 Å². The molecule has 1 aromatic heterocycles. The van der Waals surface area contributed by atoms with Crippen LogP contribution in [0.3, 0.4) is 0 Å². The molecule has 1 aliphatic heterocycles. The third kappa shape index (κ3) is 1.73. The molecule has 0 aliphatic carbocycles. The Labute approximate surface area is 76.5 Å². The predicted octanol–water partition coefficient (Wildman–Crippen LogP) is 1.23. The molecule has 4 heteroatoms. The van der Waals surface area contributed by atoms with Crippen molar-refractivity contribution in [2.75, 3.05) is 13.2 Å². The number of nitrogens with zero attached hydrogens (tertiary/aromatic N) is 1. The Morgan fingerprint density at radius 1 is 1.69 bits per heavy atom. The van der Waals surface area contributed by atoms with Crippen molar-refractivity contribution < 1.29 is 14.3 Å². The molecule has 1 N–H and O–H groups in total. The van der Waals surface area contributed by atoms with E-state index in [9.17, 15) is 5.11 Å². The molecular formula is C9H13NO3. The molecule has 2 heterocycles. The van der Waals surface area contributed by atoms with Gasteiger partial charge in [-0.25, -0.2) is 4.98 Å². The van der Waals surface area contributed by atoms with Crippen LogP contribution in [0.2, 0.25) is 0 Å². The van der Waals surface area contributed by atoms with Crippen molar-refractivity contribution in [1.82, 2.24) is 4.98 Å². The lowest BCUT2D eigenvalue weighted by Crippen LogP contribution is -1.97. The molecule has 1 aliphatic rings. The molecule has 72 valence electrons. The highest BCUT2D eigenvalue weighted by atomic mass is 16.5. The zero-order valence-corrected chi connectivity index (χ0v) is 7.56. The molecule has 1 fully saturated rings. The number of ether oxygens (including phenoxy) is 1. The molecule has 2 atom stereocenters. The monoisotopic (exact) mass is 183 g/mol. The fraction of sp³-hybridized carbons (Fsp3) is 0.667. The number of aromatic nitrogens is 1. The number of oxazole rings is 1. The van der Waals surface area contributed by atoms with Crippen molar-refractivity contribution in [2.24, 2.45) is 0 Å². The maximum absolute atomic E-state index is 9.21. The number of rotatable bonds is 2. The molecule has 0 amide bonds. The van der Waals surface area contributed by atoms with Gasteiger partial charge in [-0.05, 0) is 13.3 Å². The first-order valence-corrected chi connectivity index (χ1v) is 4.49. The first kappa shape index (κ1) is 8.72. The number of aliphatic hydroxyl groups excluding tert-OH is 1. The molecule has 13 heavy (non-hydrogen) atoms. The molecule has 1 aromatic rings. The van der Waals surface area contributed by atoms with E-state index in [1.165, 1.54) is 0 Å². The van der Waals surface area contributed by atoms with Crippen LogP contribution in [0.1, 0.15) is 37.0 Å². The SMILES string of the molecule is CC(O)c1cnc(C2CCOC2)o1. The van der Waals surface area contributed by atoms with Gasteiger partial charge in [-0.3, -0.25) is 0 Å². The van der Waals surface area contributed by atoms with Crippen molar-refractivity contribution in [3.63, 3.8) is 0 Å². The van der Waals surface area contributed by atoms with Crippen LogP contribution < -0.4 is 0 Å². The normalized spacial score (nSPS) is 24.9. The first-order chi connectivity index (χ1) is 6.27. The fourth-order valence-electron chi connectivity index (χ4n) is 1.41. The van der Waals surface area contributed by atoms with Gasteiger partial charge >= 0.3 is 0 Å². The van der Waals surface area contributed by atoms with Gasteiger partial charge in [0.2, 0.25) is 0 Å². The molecule has 4 nitrogen and oxygen atoms in total. The van der Waals surface area contributed by atoms with Gasteiger partial charge in [0.05, 0.1) is 18.7 Å². The van der Waals surface area contributed by atoms with Gasteiger partial charge in [0.15, 0.2) is 11.7 Å². The summed E-state index contributed by atoms with van der Waals surface area (Å²) >= 11 is 0. The van der Waals surface area contributed by atoms with Gasteiger partial charge in [-0.15, -0.1) is 0 Å². The number of aliphatic hydroxyl groups is 1. The fourth-order valence-corrected chi connectivity index (χ4v) is 1.41. The smallest absolute Gasteiger partial charge is 0.200 e. The van der Waals surface area contributed by atoms with Crippen molar-refractivity contribution in [3.05, 3.63) is 17.8 Å². The average Bonchev–Trinajstić information content (AvgIpc) is 2.75. The molecule has 0 spiro atoms. The summed E-state index contributed by atoms with van der Waals surface area (Å²) in [4.78, 5) is 4.11. The first-order valence-electron chi connectivity index (χ1n) is 4.49. The second-order valence-corrected chi connectivity index (χ2v) is 3.34. The van der Waals surface area contributed by atoms with E-state index in [-0.39, 0.29) is 5.92 Å². The van der Waals surface area contributed by atoms with E-state index in [4.69, 9.17) is 9.15 Å². The highest BCUT2D eigenvalue weighted by molar-refractivity contribution is 5.01. The Morgan fingerprint density at radius 3 is 3.08 bits per heavy atom. The molecule has 0 bridgehead atoms. The van der Waals surface area contributed by atoms with Crippen molar-refractivity contribution >= 4 is 0 Å². The summed E-state index contributed by atoms with van der Waals surface area (Å²) < 4.78 is 10.6. The predicted molar refractivity (Wildman–Crippen MR) is 45.3 cm³/mol. The largest absolute Gasteiger partial charge is 0.443 e. The lowest BCUT2D eigenvalue weighted by molar-refractivity contribution is 0.163. The summed E-state index contributed by atoms with van der Waals surface area (Å²) in [5.74, 6) is 1.49. The van der Waals surface area contributed by atoms with Crippen molar-refractivity contribution in [3.8, 4) is 0 Å². The van der Waals surface area contributed by atoms with Crippen LogP contribution >= 0.6 is 0 Å². The van der Waals surface area contributed by atoms with Gasteiger partial charge in [0.1, 0.15) is 6.10 Å². The van der Waals surface area contributed by atoms with Crippen LogP contribution in [-0.4, -0.2) is 23.3 Å². The number of hydrogen-bond acceptors (Lipinski definition) is 4. The molecule has 0 aromatic carbocycles. The maximum Gasteiger partial charge on any atom is 0.200 e. The van der Waals surface area contributed by atoms with Gasteiger partial charge < -0.3 is 14.3 Å². The summed E-state index contributed by atoms with van der Waals surface area (Å²) in [5.41, 5.74) is 0. The van der Waals surface area contributed by atoms with Gasteiger partial charge in [0.25, 0.3) is 0 Å². The van der Waals surface area contributed by atoms with Gasteiger partial charge in [-0.2, -0.15) is 0 Å². The second-order valence-electron chi connectivity index (χ2n) is 3.34. The van der Waals surface area contributed by atoms with Crippen LogP contribution in [-0.2, 0) is 4.74 Å². The minimum absolute atomic E-state index is 0.271. The topological polar surface area (TPSA) is 55.5 Å². The molecule has 2 unspecified atom stereocenters. The zero-order chi connectivity index (χ0) is 9.26. The van der Waals surface area contributed by atoms with E-state index < -0.39 is 6.10 Å². The highest BCUT2D eigenvalue weighted by Crippen LogP contribution is 2.26. The minimum atomic E-state index is -0.580. The molecular weight excluding hydrogens is 170 g/mol. The Bertz CT molecular complexity index is 276. The van der Waals surface area contributed by atoms with Crippen molar-refractivity contribution in [2.45, 2.75) is 25.4 Å². The Morgan fingerprint density at radius 2 is 2.54 bits per heavy atom. The minimum Gasteiger partial charge on any atom is -0.443 e. The quantitative estimate of drug-likeness (QED) is 0.749. The van der Waals surface area contributed by atoms with E-state index in [0.717, 1.165) is 13.0 Å².